The van der Waals surface area contributed by atoms with Crippen LogP contribution in [0.3, 0.4) is 0 Å². The monoisotopic (exact) mass is 239 g/mol. The number of carboxylic acids is 1. The Labute approximate surface area is 99.4 Å². The molecule has 0 aliphatic heterocycles. The van der Waals surface area contributed by atoms with Gasteiger partial charge < -0.3 is 10.4 Å². The lowest BCUT2D eigenvalue weighted by molar-refractivity contribution is -0.142. The van der Waals surface area contributed by atoms with Crippen LogP contribution in [-0.2, 0) is 11.3 Å². The second-order valence-electron chi connectivity index (χ2n) is 4.56. The van der Waals surface area contributed by atoms with Crippen LogP contribution < -0.4 is 5.32 Å². The van der Waals surface area contributed by atoms with E-state index in [9.17, 15) is 4.79 Å². The van der Waals surface area contributed by atoms with Crippen molar-refractivity contribution in [3.8, 4) is 0 Å². The van der Waals surface area contributed by atoms with Crippen LogP contribution >= 0.6 is 0 Å². The molecule has 1 fully saturated rings. The first kappa shape index (κ1) is 12.0. The Morgan fingerprint density at radius 3 is 3.00 bits per heavy atom. The molecule has 1 saturated carbocycles. The highest BCUT2D eigenvalue weighted by molar-refractivity contribution is 5.70. The van der Waals surface area contributed by atoms with E-state index in [1.54, 1.807) is 0 Å². The minimum Gasteiger partial charge on any atom is -0.481 e. The molecule has 17 heavy (non-hydrogen) atoms. The highest BCUT2D eigenvalue weighted by Gasteiger charge is 2.32. The van der Waals surface area contributed by atoms with Gasteiger partial charge in [0.15, 0.2) is 0 Å². The Hall–Kier alpha value is -1.43. The van der Waals surface area contributed by atoms with Gasteiger partial charge in [-0.3, -0.25) is 4.79 Å². The number of hydrogen-bond acceptors (Lipinski definition) is 5. The Morgan fingerprint density at radius 1 is 1.53 bits per heavy atom. The maximum Gasteiger partial charge on any atom is 0.306 e. The molecular weight excluding hydrogens is 222 g/mol. The van der Waals surface area contributed by atoms with E-state index < -0.39 is 5.97 Å². The summed E-state index contributed by atoms with van der Waals surface area (Å²) in [6, 6.07) is 0. The van der Waals surface area contributed by atoms with Crippen molar-refractivity contribution in [2.75, 3.05) is 6.54 Å². The van der Waals surface area contributed by atoms with E-state index in [4.69, 9.17) is 5.11 Å². The summed E-state index contributed by atoms with van der Waals surface area (Å²) in [5.74, 6) is -0.639. The van der Waals surface area contributed by atoms with E-state index in [2.05, 4.69) is 20.3 Å². The minimum absolute atomic E-state index is 0.195. The number of aromatic nitrogens is 2. The summed E-state index contributed by atoms with van der Waals surface area (Å²) in [7, 11) is 0. The van der Waals surface area contributed by atoms with Crippen LogP contribution in [0.15, 0.2) is 4.63 Å². The van der Waals surface area contributed by atoms with Crippen molar-refractivity contribution in [1.29, 1.82) is 0 Å². The highest BCUT2D eigenvalue weighted by atomic mass is 16.6. The second-order valence-corrected chi connectivity index (χ2v) is 4.56. The first-order valence-electron chi connectivity index (χ1n) is 5.90. The maximum absolute atomic E-state index is 11.0. The van der Waals surface area contributed by atoms with Gasteiger partial charge in [0.25, 0.3) is 0 Å². The Kier molecular flexibility index (Phi) is 3.73. The van der Waals surface area contributed by atoms with Crippen LogP contribution in [-0.4, -0.2) is 27.9 Å². The zero-order valence-corrected chi connectivity index (χ0v) is 9.85. The van der Waals surface area contributed by atoms with Crippen molar-refractivity contribution in [1.82, 2.24) is 15.6 Å². The summed E-state index contributed by atoms with van der Waals surface area (Å²) in [5, 5.41) is 19.7. The molecule has 1 aromatic rings. The van der Waals surface area contributed by atoms with Crippen molar-refractivity contribution in [2.45, 2.75) is 32.7 Å². The van der Waals surface area contributed by atoms with Crippen molar-refractivity contribution < 1.29 is 14.5 Å². The van der Waals surface area contributed by atoms with E-state index in [1.165, 1.54) is 0 Å². The fourth-order valence-corrected chi connectivity index (χ4v) is 2.39. The third-order valence-electron chi connectivity index (χ3n) is 3.42. The molecule has 6 heteroatoms. The van der Waals surface area contributed by atoms with Crippen LogP contribution in [0.25, 0.3) is 0 Å². The van der Waals surface area contributed by atoms with Gasteiger partial charge in [-0.2, -0.15) is 0 Å². The molecule has 0 amide bonds. The lowest BCUT2D eigenvalue weighted by Gasteiger charge is -2.15. The minimum atomic E-state index is -0.673. The summed E-state index contributed by atoms with van der Waals surface area (Å²) in [5.41, 5.74) is 1.56. The van der Waals surface area contributed by atoms with E-state index in [-0.39, 0.29) is 11.8 Å². The Bertz CT molecular complexity index is 391. The number of aryl methyl sites for hydroxylation is 1. The van der Waals surface area contributed by atoms with Gasteiger partial charge in [-0.05, 0) is 32.2 Å². The molecule has 0 spiro atoms. The molecule has 0 radical (unpaired) electrons. The molecule has 0 aromatic carbocycles. The average Bonchev–Trinajstić information content (AvgIpc) is 2.88. The second kappa shape index (κ2) is 5.27. The summed E-state index contributed by atoms with van der Waals surface area (Å²) >= 11 is 0. The van der Waals surface area contributed by atoms with Gasteiger partial charge in [0.2, 0.25) is 0 Å². The number of hydrogen-bond donors (Lipinski definition) is 2. The molecule has 0 saturated heterocycles. The van der Waals surface area contributed by atoms with Crippen LogP contribution in [0.2, 0.25) is 0 Å². The predicted octanol–water partition coefficient (Wildman–Crippen LogP) is 0.969. The molecule has 2 atom stereocenters. The van der Waals surface area contributed by atoms with Gasteiger partial charge in [-0.1, -0.05) is 16.7 Å². The first-order valence-corrected chi connectivity index (χ1v) is 5.90. The van der Waals surface area contributed by atoms with Gasteiger partial charge in [-0.25, -0.2) is 4.63 Å². The number of nitrogens with zero attached hydrogens (tertiary/aromatic N) is 2. The lowest BCUT2D eigenvalue weighted by atomic mass is 9.96. The molecule has 2 N–H and O–H groups in total. The average molecular weight is 239 g/mol. The zero-order valence-electron chi connectivity index (χ0n) is 9.85. The summed E-state index contributed by atoms with van der Waals surface area (Å²) in [6.07, 6.45) is 2.79. The smallest absolute Gasteiger partial charge is 0.306 e. The Morgan fingerprint density at radius 2 is 2.35 bits per heavy atom. The SMILES string of the molecule is Cc1nonc1CNCC1CCCC1C(=O)O. The van der Waals surface area contributed by atoms with Crippen molar-refractivity contribution in [3.05, 3.63) is 11.4 Å². The first-order chi connectivity index (χ1) is 8.18. The third kappa shape index (κ3) is 2.82. The van der Waals surface area contributed by atoms with Crippen LogP contribution in [0, 0.1) is 18.8 Å². The van der Waals surface area contributed by atoms with Crippen molar-refractivity contribution >= 4 is 5.97 Å². The molecule has 2 unspecified atom stereocenters. The van der Waals surface area contributed by atoms with E-state index in [0.717, 1.165) is 30.7 Å². The van der Waals surface area contributed by atoms with Crippen molar-refractivity contribution in [2.24, 2.45) is 11.8 Å². The molecule has 0 bridgehead atoms. The maximum atomic E-state index is 11.0. The molecule has 1 aromatic heterocycles. The fourth-order valence-electron chi connectivity index (χ4n) is 2.39. The molecule has 6 nitrogen and oxygen atoms in total. The van der Waals surface area contributed by atoms with E-state index >= 15 is 0 Å². The van der Waals surface area contributed by atoms with Gasteiger partial charge in [0.05, 0.1) is 5.92 Å². The zero-order chi connectivity index (χ0) is 12.3. The van der Waals surface area contributed by atoms with E-state index in [0.29, 0.717) is 13.1 Å². The number of carbonyl (C=O) groups is 1. The van der Waals surface area contributed by atoms with E-state index in [1.807, 2.05) is 6.92 Å². The quantitative estimate of drug-likeness (QED) is 0.796. The molecule has 2 rings (SSSR count). The topological polar surface area (TPSA) is 88.3 Å². The molecular formula is C11H17N3O3. The molecule has 1 aliphatic carbocycles. The summed E-state index contributed by atoms with van der Waals surface area (Å²) in [6.45, 7) is 3.13. The number of rotatable bonds is 5. The van der Waals surface area contributed by atoms with Crippen LogP contribution in [0.1, 0.15) is 30.7 Å². The third-order valence-corrected chi connectivity index (χ3v) is 3.42. The standard InChI is InChI=1S/C11H17N3O3/c1-7-10(14-17-13-7)6-12-5-8-3-2-4-9(8)11(15)16/h8-9,12H,2-6H2,1H3,(H,15,16). The summed E-state index contributed by atoms with van der Waals surface area (Å²) < 4.78 is 4.59. The number of nitrogens with one attached hydrogen (secondary N) is 1. The number of carboxylic acid groups (broad SMARTS) is 1. The van der Waals surface area contributed by atoms with Crippen LogP contribution in [0.5, 0.6) is 0 Å². The predicted molar refractivity (Wildman–Crippen MR) is 59.2 cm³/mol. The molecule has 1 aliphatic rings. The molecule has 1 heterocycles. The lowest BCUT2D eigenvalue weighted by Crippen LogP contribution is -2.29. The summed E-state index contributed by atoms with van der Waals surface area (Å²) in [4.78, 5) is 11.0. The van der Waals surface area contributed by atoms with Gasteiger partial charge in [-0.15, -0.1) is 0 Å². The van der Waals surface area contributed by atoms with Gasteiger partial charge in [0.1, 0.15) is 11.4 Å². The number of aliphatic carboxylic acids is 1. The molecule has 94 valence electrons. The fraction of sp³-hybridized carbons (Fsp3) is 0.727. The van der Waals surface area contributed by atoms with Gasteiger partial charge in [0, 0.05) is 6.54 Å². The normalized spacial score (nSPS) is 24.1. The highest BCUT2D eigenvalue weighted by Crippen LogP contribution is 2.31. The largest absolute Gasteiger partial charge is 0.481 e. The van der Waals surface area contributed by atoms with Gasteiger partial charge >= 0.3 is 5.97 Å². The Balaban J connectivity index is 1.79. The van der Waals surface area contributed by atoms with Crippen molar-refractivity contribution in [3.63, 3.8) is 0 Å². The van der Waals surface area contributed by atoms with Crippen LogP contribution in [0.4, 0.5) is 0 Å².